The van der Waals surface area contributed by atoms with E-state index in [0.29, 0.717) is 18.5 Å². The van der Waals surface area contributed by atoms with E-state index in [0.717, 1.165) is 55.0 Å². The molecule has 1 fully saturated rings. The quantitative estimate of drug-likeness (QED) is 0.777. The van der Waals surface area contributed by atoms with E-state index >= 15 is 0 Å². The molecule has 0 aromatic heterocycles. The third-order valence-corrected chi connectivity index (χ3v) is 6.23. The summed E-state index contributed by atoms with van der Waals surface area (Å²) >= 11 is 0. The van der Waals surface area contributed by atoms with Gasteiger partial charge in [-0.05, 0) is 67.3 Å². The van der Waals surface area contributed by atoms with Crippen molar-refractivity contribution in [1.82, 2.24) is 0 Å². The number of primary amides is 1. The number of benzene rings is 2. The highest BCUT2D eigenvalue weighted by Gasteiger charge is 2.25. The Morgan fingerprint density at radius 1 is 1.03 bits per heavy atom. The third kappa shape index (κ3) is 4.40. The van der Waals surface area contributed by atoms with Crippen LogP contribution in [0.4, 0.5) is 17.1 Å². The Bertz CT molecular complexity index is 994. The Labute approximate surface area is 182 Å². The molecule has 162 valence electrons. The molecule has 2 aliphatic heterocycles. The molecule has 2 aromatic carbocycles. The van der Waals surface area contributed by atoms with Gasteiger partial charge in [-0.25, -0.2) is 0 Å². The standard InChI is InChI=1S/C24H28N4O3/c1-2-22(29)28-14-11-17-15-18(3-8-21(17)28)24(31)26-19-4-6-20(7-5-19)27-12-9-16(10-13-27)23(25)30/h3-8,15-16H,2,9-14H2,1H3,(H2,25,30)(H,26,31). The number of rotatable bonds is 5. The van der Waals surface area contributed by atoms with Crippen molar-refractivity contribution in [2.45, 2.75) is 32.6 Å². The molecule has 1 saturated heterocycles. The van der Waals surface area contributed by atoms with Gasteiger partial charge in [0.05, 0.1) is 0 Å². The van der Waals surface area contributed by atoms with Gasteiger partial charge in [0.2, 0.25) is 11.8 Å². The number of nitrogens with one attached hydrogen (secondary N) is 1. The molecule has 7 nitrogen and oxygen atoms in total. The molecule has 2 aliphatic rings. The molecule has 0 atom stereocenters. The number of carbonyl (C=O) groups excluding carboxylic acids is 3. The maximum atomic E-state index is 12.7. The molecule has 31 heavy (non-hydrogen) atoms. The Morgan fingerprint density at radius 2 is 1.74 bits per heavy atom. The zero-order valence-corrected chi connectivity index (χ0v) is 17.8. The van der Waals surface area contributed by atoms with Crippen molar-refractivity contribution < 1.29 is 14.4 Å². The summed E-state index contributed by atoms with van der Waals surface area (Å²) in [4.78, 5) is 40.1. The zero-order chi connectivity index (χ0) is 22.0. The van der Waals surface area contributed by atoms with E-state index in [9.17, 15) is 14.4 Å². The smallest absolute Gasteiger partial charge is 0.255 e. The number of nitrogens with zero attached hydrogens (tertiary/aromatic N) is 2. The average Bonchev–Trinajstić information content (AvgIpc) is 3.22. The molecule has 0 aliphatic carbocycles. The normalized spacial score (nSPS) is 16.2. The molecule has 0 saturated carbocycles. The summed E-state index contributed by atoms with van der Waals surface area (Å²) in [7, 11) is 0. The highest BCUT2D eigenvalue weighted by molar-refractivity contribution is 6.05. The van der Waals surface area contributed by atoms with Crippen LogP contribution in [0.3, 0.4) is 0 Å². The number of hydrogen-bond donors (Lipinski definition) is 2. The maximum Gasteiger partial charge on any atom is 0.255 e. The van der Waals surface area contributed by atoms with Gasteiger partial charge in [-0.1, -0.05) is 6.92 Å². The van der Waals surface area contributed by atoms with Gasteiger partial charge in [-0.2, -0.15) is 0 Å². The second-order valence-electron chi connectivity index (χ2n) is 8.16. The van der Waals surface area contributed by atoms with Crippen LogP contribution in [0.5, 0.6) is 0 Å². The molecular weight excluding hydrogens is 392 g/mol. The number of hydrogen-bond acceptors (Lipinski definition) is 4. The summed E-state index contributed by atoms with van der Waals surface area (Å²) < 4.78 is 0. The fourth-order valence-electron chi connectivity index (χ4n) is 4.37. The van der Waals surface area contributed by atoms with E-state index in [4.69, 9.17) is 5.73 Å². The summed E-state index contributed by atoms with van der Waals surface area (Å²) in [5.41, 5.74) is 9.73. The highest BCUT2D eigenvalue weighted by Crippen LogP contribution is 2.30. The minimum Gasteiger partial charge on any atom is -0.371 e. The molecule has 3 N–H and O–H groups in total. The third-order valence-electron chi connectivity index (χ3n) is 6.23. The van der Waals surface area contributed by atoms with Crippen molar-refractivity contribution in [3.8, 4) is 0 Å². The predicted octanol–water partition coefficient (Wildman–Crippen LogP) is 2.94. The van der Waals surface area contributed by atoms with Gasteiger partial charge in [0.25, 0.3) is 5.91 Å². The van der Waals surface area contributed by atoms with Crippen LogP contribution >= 0.6 is 0 Å². The molecule has 2 aromatic rings. The largest absolute Gasteiger partial charge is 0.371 e. The van der Waals surface area contributed by atoms with Crippen molar-refractivity contribution in [3.05, 3.63) is 53.6 Å². The van der Waals surface area contributed by atoms with Crippen LogP contribution in [0.2, 0.25) is 0 Å². The zero-order valence-electron chi connectivity index (χ0n) is 17.8. The van der Waals surface area contributed by atoms with E-state index < -0.39 is 0 Å². The van der Waals surface area contributed by atoms with Crippen LogP contribution in [0.25, 0.3) is 0 Å². The van der Waals surface area contributed by atoms with Crippen molar-refractivity contribution >= 4 is 34.8 Å². The van der Waals surface area contributed by atoms with Crippen LogP contribution in [0, 0.1) is 5.92 Å². The lowest BCUT2D eigenvalue weighted by molar-refractivity contribution is -0.122. The highest BCUT2D eigenvalue weighted by atomic mass is 16.2. The SMILES string of the molecule is CCC(=O)N1CCc2cc(C(=O)Nc3ccc(N4CCC(C(N)=O)CC4)cc3)ccc21. The number of amides is 3. The Kier molecular flexibility index (Phi) is 5.93. The van der Waals surface area contributed by atoms with E-state index in [-0.39, 0.29) is 23.6 Å². The minimum absolute atomic E-state index is 0.0331. The second-order valence-corrected chi connectivity index (χ2v) is 8.16. The van der Waals surface area contributed by atoms with E-state index in [2.05, 4.69) is 10.2 Å². The first-order chi connectivity index (χ1) is 15.0. The average molecular weight is 421 g/mol. The van der Waals surface area contributed by atoms with E-state index in [1.807, 2.05) is 43.3 Å². The van der Waals surface area contributed by atoms with Crippen LogP contribution in [0.1, 0.15) is 42.1 Å². The van der Waals surface area contributed by atoms with Gasteiger partial charge in [-0.15, -0.1) is 0 Å². The second kappa shape index (κ2) is 8.79. The van der Waals surface area contributed by atoms with Crippen molar-refractivity contribution in [1.29, 1.82) is 0 Å². The maximum absolute atomic E-state index is 12.7. The lowest BCUT2D eigenvalue weighted by Gasteiger charge is -2.32. The minimum atomic E-state index is -0.214. The first-order valence-electron chi connectivity index (χ1n) is 10.8. The van der Waals surface area contributed by atoms with Crippen molar-refractivity contribution in [2.75, 3.05) is 34.8 Å². The summed E-state index contributed by atoms with van der Waals surface area (Å²) in [6.45, 7) is 4.12. The van der Waals surface area contributed by atoms with Gasteiger partial charge in [0.1, 0.15) is 0 Å². The topological polar surface area (TPSA) is 95.7 Å². The Morgan fingerprint density at radius 3 is 2.39 bits per heavy atom. The van der Waals surface area contributed by atoms with Crippen LogP contribution < -0.4 is 20.9 Å². The number of anilines is 3. The van der Waals surface area contributed by atoms with Crippen LogP contribution in [0.15, 0.2) is 42.5 Å². The number of nitrogens with two attached hydrogens (primary N) is 1. The fourth-order valence-corrected chi connectivity index (χ4v) is 4.37. The molecule has 0 bridgehead atoms. The molecule has 0 unspecified atom stereocenters. The van der Waals surface area contributed by atoms with E-state index in [1.165, 1.54) is 0 Å². The van der Waals surface area contributed by atoms with Crippen molar-refractivity contribution in [2.24, 2.45) is 11.7 Å². The van der Waals surface area contributed by atoms with Gasteiger partial charge in [-0.3, -0.25) is 14.4 Å². The Balaban J connectivity index is 1.38. The number of piperidine rings is 1. The monoisotopic (exact) mass is 420 g/mol. The summed E-state index contributed by atoms with van der Waals surface area (Å²) in [6, 6.07) is 13.3. The number of fused-ring (bicyclic) bond motifs is 1. The molecule has 2 heterocycles. The van der Waals surface area contributed by atoms with Gasteiger partial charge >= 0.3 is 0 Å². The molecule has 0 radical (unpaired) electrons. The summed E-state index contributed by atoms with van der Waals surface area (Å²) in [6.07, 6.45) is 2.78. The summed E-state index contributed by atoms with van der Waals surface area (Å²) in [5.74, 6) is -0.309. The first kappa shape index (κ1) is 20.9. The Hall–Kier alpha value is -3.35. The first-order valence-corrected chi connectivity index (χ1v) is 10.8. The lowest BCUT2D eigenvalue weighted by atomic mass is 9.96. The molecule has 4 rings (SSSR count). The van der Waals surface area contributed by atoms with Crippen LogP contribution in [-0.2, 0) is 16.0 Å². The fraction of sp³-hybridized carbons (Fsp3) is 0.375. The van der Waals surface area contributed by atoms with Crippen molar-refractivity contribution in [3.63, 3.8) is 0 Å². The molecule has 7 heteroatoms. The molecular formula is C24H28N4O3. The molecule has 0 spiro atoms. The lowest BCUT2D eigenvalue weighted by Crippen LogP contribution is -2.38. The van der Waals surface area contributed by atoms with E-state index in [1.54, 1.807) is 11.0 Å². The van der Waals surface area contributed by atoms with Gasteiger partial charge in [0.15, 0.2) is 0 Å². The number of carbonyl (C=O) groups is 3. The summed E-state index contributed by atoms with van der Waals surface area (Å²) in [5, 5.41) is 2.95. The van der Waals surface area contributed by atoms with Gasteiger partial charge < -0.3 is 20.9 Å². The predicted molar refractivity (Wildman–Crippen MR) is 121 cm³/mol. The van der Waals surface area contributed by atoms with Gasteiger partial charge in [0, 0.05) is 54.6 Å². The van der Waals surface area contributed by atoms with Crippen LogP contribution in [-0.4, -0.2) is 37.4 Å². The molecule has 3 amide bonds.